The lowest BCUT2D eigenvalue weighted by molar-refractivity contribution is -0.384. The van der Waals surface area contributed by atoms with E-state index < -0.39 is 4.92 Å². The molecule has 0 fully saturated rings. The highest BCUT2D eigenvalue weighted by Gasteiger charge is 2.22. The van der Waals surface area contributed by atoms with E-state index in [4.69, 9.17) is 5.73 Å². The Bertz CT molecular complexity index is 429. The van der Waals surface area contributed by atoms with Gasteiger partial charge in [0.05, 0.1) is 4.92 Å². The van der Waals surface area contributed by atoms with Crippen LogP contribution in [0.15, 0.2) is 6.07 Å². The molecule has 0 saturated carbocycles. The molecule has 2 rings (SSSR count). The van der Waals surface area contributed by atoms with Crippen molar-refractivity contribution in [1.82, 2.24) is 5.32 Å². The molecule has 0 spiro atoms. The highest BCUT2D eigenvalue weighted by atomic mass is 16.6. The molecule has 1 aromatic carbocycles. The minimum Gasteiger partial charge on any atom is -0.393 e. The molecule has 0 saturated heterocycles. The summed E-state index contributed by atoms with van der Waals surface area (Å²) in [5, 5.41) is 14.0. The highest BCUT2D eigenvalue weighted by Crippen LogP contribution is 2.32. The van der Waals surface area contributed by atoms with Crippen LogP contribution >= 0.6 is 0 Å². The summed E-state index contributed by atoms with van der Waals surface area (Å²) in [5.74, 6) is 0. The number of rotatable bonds is 1. The monoisotopic (exact) mass is 207 g/mol. The standard InChI is InChI=1S/C10H13N3O2/c1-6-4-9(13(14)15)10(11)7-2-3-12-5-8(6)7/h4,12H,2-3,5,11H2,1H3. The van der Waals surface area contributed by atoms with Crippen molar-refractivity contribution in [3.05, 3.63) is 32.9 Å². The van der Waals surface area contributed by atoms with Crippen LogP contribution < -0.4 is 11.1 Å². The first-order chi connectivity index (χ1) is 7.11. The molecular formula is C10H13N3O2. The molecule has 1 aromatic rings. The van der Waals surface area contributed by atoms with Crippen molar-refractivity contribution in [2.24, 2.45) is 0 Å². The second-order valence-electron chi connectivity index (χ2n) is 3.77. The van der Waals surface area contributed by atoms with Crippen molar-refractivity contribution in [2.75, 3.05) is 12.3 Å². The largest absolute Gasteiger partial charge is 0.393 e. The van der Waals surface area contributed by atoms with Crippen LogP contribution in [-0.2, 0) is 13.0 Å². The van der Waals surface area contributed by atoms with E-state index in [1.807, 2.05) is 6.92 Å². The summed E-state index contributed by atoms with van der Waals surface area (Å²) in [4.78, 5) is 10.4. The first-order valence-corrected chi connectivity index (χ1v) is 4.87. The Balaban J connectivity index is 2.64. The zero-order valence-corrected chi connectivity index (χ0v) is 8.54. The molecule has 0 aromatic heterocycles. The summed E-state index contributed by atoms with van der Waals surface area (Å²) in [6.07, 6.45) is 0.768. The summed E-state index contributed by atoms with van der Waals surface area (Å²) in [6.45, 7) is 3.47. The van der Waals surface area contributed by atoms with Crippen LogP contribution in [0.2, 0.25) is 0 Å². The second-order valence-corrected chi connectivity index (χ2v) is 3.77. The molecule has 0 unspecified atom stereocenters. The molecule has 0 radical (unpaired) electrons. The number of nitro groups is 1. The van der Waals surface area contributed by atoms with Crippen LogP contribution in [-0.4, -0.2) is 11.5 Å². The minimum absolute atomic E-state index is 0.0353. The Kier molecular flexibility index (Phi) is 2.32. The van der Waals surface area contributed by atoms with E-state index in [-0.39, 0.29) is 5.69 Å². The average molecular weight is 207 g/mol. The first kappa shape index (κ1) is 9.92. The fraction of sp³-hybridized carbons (Fsp3) is 0.400. The van der Waals surface area contributed by atoms with Gasteiger partial charge in [0.15, 0.2) is 0 Å². The molecule has 0 atom stereocenters. The summed E-state index contributed by atoms with van der Waals surface area (Å²) >= 11 is 0. The number of anilines is 1. The third-order valence-corrected chi connectivity index (χ3v) is 2.84. The molecule has 3 N–H and O–H groups in total. The van der Waals surface area contributed by atoms with E-state index in [9.17, 15) is 10.1 Å². The lowest BCUT2D eigenvalue weighted by Crippen LogP contribution is -2.25. The van der Waals surface area contributed by atoms with Gasteiger partial charge in [-0.05, 0) is 36.6 Å². The Labute approximate surface area is 87.4 Å². The van der Waals surface area contributed by atoms with Crippen molar-refractivity contribution in [2.45, 2.75) is 19.9 Å². The van der Waals surface area contributed by atoms with E-state index in [0.717, 1.165) is 36.2 Å². The van der Waals surface area contributed by atoms with Crippen LogP contribution in [0.3, 0.4) is 0 Å². The Morgan fingerprint density at radius 2 is 2.27 bits per heavy atom. The van der Waals surface area contributed by atoms with Gasteiger partial charge < -0.3 is 11.1 Å². The molecule has 5 nitrogen and oxygen atoms in total. The normalized spacial score (nSPS) is 14.7. The molecule has 1 heterocycles. The van der Waals surface area contributed by atoms with Crippen molar-refractivity contribution < 1.29 is 4.92 Å². The van der Waals surface area contributed by atoms with E-state index >= 15 is 0 Å². The quantitative estimate of drug-likeness (QED) is 0.411. The Morgan fingerprint density at radius 3 is 2.93 bits per heavy atom. The van der Waals surface area contributed by atoms with Gasteiger partial charge in [0.2, 0.25) is 0 Å². The molecule has 1 aliphatic heterocycles. The minimum atomic E-state index is -0.412. The summed E-state index contributed by atoms with van der Waals surface area (Å²) in [7, 11) is 0. The van der Waals surface area contributed by atoms with Crippen molar-refractivity contribution >= 4 is 11.4 Å². The zero-order chi connectivity index (χ0) is 11.0. The van der Waals surface area contributed by atoms with Gasteiger partial charge in [-0.1, -0.05) is 0 Å². The molecule has 80 valence electrons. The van der Waals surface area contributed by atoms with Crippen LogP contribution in [0.1, 0.15) is 16.7 Å². The number of hydrogen-bond acceptors (Lipinski definition) is 4. The van der Waals surface area contributed by atoms with E-state index in [1.165, 1.54) is 0 Å². The van der Waals surface area contributed by atoms with Gasteiger partial charge in [-0.15, -0.1) is 0 Å². The molecule has 0 bridgehead atoms. The summed E-state index contributed by atoms with van der Waals surface area (Å²) in [5.41, 5.74) is 9.18. The molecule has 15 heavy (non-hydrogen) atoms. The van der Waals surface area contributed by atoms with Crippen LogP contribution in [0.4, 0.5) is 11.4 Å². The van der Waals surface area contributed by atoms with Gasteiger partial charge >= 0.3 is 0 Å². The second kappa shape index (κ2) is 3.51. The van der Waals surface area contributed by atoms with Gasteiger partial charge in [-0.25, -0.2) is 0 Å². The first-order valence-electron chi connectivity index (χ1n) is 4.87. The predicted molar refractivity (Wildman–Crippen MR) is 57.7 cm³/mol. The Morgan fingerprint density at radius 1 is 1.53 bits per heavy atom. The van der Waals surface area contributed by atoms with Gasteiger partial charge in [0.1, 0.15) is 5.69 Å². The number of hydrogen-bond donors (Lipinski definition) is 2. The lowest BCUT2D eigenvalue weighted by Gasteiger charge is -2.20. The maximum atomic E-state index is 10.8. The average Bonchev–Trinajstić information content (AvgIpc) is 2.23. The van der Waals surface area contributed by atoms with Gasteiger partial charge in [-0.3, -0.25) is 10.1 Å². The van der Waals surface area contributed by atoms with Gasteiger partial charge in [-0.2, -0.15) is 0 Å². The number of nitrogens with one attached hydrogen (secondary N) is 1. The van der Waals surface area contributed by atoms with E-state index in [0.29, 0.717) is 5.69 Å². The third-order valence-electron chi connectivity index (χ3n) is 2.84. The van der Waals surface area contributed by atoms with Crippen LogP contribution in [0, 0.1) is 17.0 Å². The van der Waals surface area contributed by atoms with Gasteiger partial charge in [0.25, 0.3) is 5.69 Å². The van der Waals surface area contributed by atoms with Crippen molar-refractivity contribution in [3.8, 4) is 0 Å². The smallest absolute Gasteiger partial charge is 0.292 e. The number of nitrogen functional groups attached to an aromatic ring is 1. The predicted octanol–water partition coefficient (Wildman–Crippen LogP) is 1.13. The van der Waals surface area contributed by atoms with E-state index in [1.54, 1.807) is 6.07 Å². The SMILES string of the molecule is Cc1cc([N+](=O)[O-])c(N)c2c1CNCC2. The number of nitrogens with two attached hydrogens (primary N) is 1. The third kappa shape index (κ3) is 1.55. The maximum absolute atomic E-state index is 10.8. The highest BCUT2D eigenvalue weighted by molar-refractivity contribution is 5.68. The Hall–Kier alpha value is -1.62. The van der Waals surface area contributed by atoms with Crippen molar-refractivity contribution in [1.29, 1.82) is 0 Å². The number of nitro benzene ring substituents is 1. The number of nitrogens with zero attached hydrogens (tertiary/aromatic N) is 1. The maximum Gasteiger partial charge on any atom is 0.292 e. The number of fused-ring (bicyclic) bond motifs is 1. The summed E-state index contributed by atoms with van der Waals surface area (Å²) in [6, 6.07) is 1.56. The van der Waals surface area contributed by atoms with Gasteiger partial charge in [0, 0.05) is 12.6 Å². The number of benzene rings is 1. The zero-order valence-electron chi connectivity index (χ0n) is 8.54. The van der Waals surface area contributed by atoms with Crippen molar-refractivity contribution in [3.63, 3.8) is 0 Å². The molecular weight excluding hydrogens is 194 g/mol. The number of aryl methyl sites for hydroxylation is 1. The molecule has 5 heteroatoms. The fourth-order valence-corrected chi connectivity index (χ4v) is 2.03. The topological polar surface area (TPSA) is 81.2 Å². The molecule has 1 aliphatic rings. The van der Waals surface area contributed by atoms with E-state index in [2.05, 4.69) is 5.32 Å². The molecule has 0 aliphatic carbocycles. The van der Waals surface area contributed by atoms with Crippen LogP contribution in [0.5, 0.6) is 0 Å². The fourth-order valence-electron chi connectivity index (χ4n) is 2.03. The lowest BCUT2D eigenvalue weighted by atomic mass is 9.94. The van der Waals surface area contributed by atoms with Crippen LogP contribution in [0.25, 0.3) is 0 Å². The summed E-state index contributed by atoms with van der Waals surface area (Å²) < 4.78 is 0. The molecule has 0 amide bonds.